The van der Waals surface area contributed by atoms with E-state index in [2.05, 4.69) is 5.32 Å². The van der Waals surface area contributed by atoms with E-state index in [4.69, 9.17) is 10.8 Å². The van der Waals surface area contributed by atoms with Crippen LogP contribution in [0.2, 0.25) is 0 Å². The highest BCUT2D eigenvalue weighted by molar-refractivity contribution is 5.80. The molecule has 0 unspecified atom stereocenters. The van der Waals surface area contributed by atoms with Gasteiger partial charge in [0.25, 0.3) is 0 Å². The normalized spacial score (nSPS) is 16.3. The minimum Gasteiger partial charge on any atom is -0.391 e. The van der Waals surface area contributed by atoms with Crippen molar-refractivity contribution < 1.29 is 9.90 Å². The first kappa shape index (κ1) is 9.39. The first-order valence-electron chi connectivity index (χ1n) is 3.30. The maximum absolute atomic E-state index is 10.5. The van der Waals surface area contributed by atoms with E-state index in [1.54, 1.807) is 0 Å². The van der Waals surface area contributed by atoms with Crippen LogP contribution in [0, 0.1) is 0 Å². The number of nitrogens with one attached hydrogen (secondary N) is 1. The molecule has 0 aliphatic rings. The summed E-state index contributed by atoms with van der Waals surface area (Å²) in [7, 11) is 0. The molecule has 0 heterocycles. The van der Waals surface area contributed by atoms with Gasteiger partial charge in [0.2, 0.25) is 5.91 Å². The summed E-state index contributed by atoms with van der Waals surface area (Å²) < 4.78 is 0. The SMILES string of the molecule is CCN[C@H](C(N)=O)[C@H](C)O. The van der Waals surface area contributed by atoms with Crippen molar-refractivity contribution in [2.24, 2.45) is 5.73 Å². The summed E-state index contributed by atoms with van der Waals surface area (Å²) in [6.45, 7) is 3.99. The summed E-state index contributed by atoms with van der Waals surface area (Å²) in [5.41, 5.74) is 4.96. The fraction of sp³-hybridized carbons (Fsp3) is 0.833. The Labute approximate surface area is 60.4 Å². The minimum atomic E-state index is -0.725. The van der Waals surface area contributed by atoms with Crippen LogP contribution in [-0.2, 0) is 4.79 Å². The number of primary amides is 1. The zero-order chi connectivity index (χ0) is 8.15. The fourth-order valence-electron chi connectivity index (χ4n) is 0.729. The van der Waals surface area contributed by atoms with Gasteiger partial charge in [0.15, 0.2) is 0 Å². The lowest BCUT2D eigenvalue weighted by Crippen LogP contribution is -2.48. The Morgan fingerprint density at radius 2 is 2.30 bits per heavy atom. The molecule has 2 atom stereocenters. The van der Waals surface area contributed by atoms with E-state index in [1.807, 2.05) is 6.92 Å². The van der Waals surface area contributed by atoms with Gasteiger partial charge in [-0.3, -0.25) is 4.79 Å². The molecule has 0 saturated heterocycles. The molecule has 4 N–H and O–H groups in total. The van der Waals surface area contributed by atoms with Gasteiger partial charge in [0, 0.05) is 0 Å². The lowest BCUT2D eigenvalue weighted by atomic mass is 10.2. The third kappa shape index (κ3) is 2.80. The van der Waals surface area contributed by atoms with Gasteiger partial charge in [-0.1, -0.05) is 6.92 Å². The Morgan fingerprint density at radius 1 is 1.80 bits per heavy atom. The molecule has 4 heteroatoms. The second-order valence-corrected chi connectivity index (χ2v) is 2.18. The van der Waals surface area contributed by atoms with Crippen LogP contribution in [0.15, 0.2) is 0 Å². The maximum atomic E-state index is 10.5. The Morgan fingerprint density at radius 3 is 2.40 bits per heavy atom. The lowest BCUT2D eigenvalue weighted by molar-refractivity contribution is -0.122. The van der Waals surface area contributed by atoms with Crippen LogP contribution in [0.25, 0.3) is 0 Å². The predicted molar refractivity (Wildman–Crippen MR) is 38.3 cm³/mol. The minimum absolute atomic E-state index is 0.517. The highest BCUT2D eigenvalue weighted by Crippen LogP contribution is 1.89. The second-order valence-electron chi connectivity index (χ2n) is 2.18. The van der Waals surface area contributed by atoms with Gasteiger partial charge in [-0.05, 0) is 13.5 Å². The van der Waals surface area contributed by atoms with Crippen molar-refractivity contribution in [1.82, 2.24) is 5.32 Å². The molecule has 0 fully saturated rings. The summed E-state index contributed by atoms with van der Waals surface area (Å²) in [6.07, 6.45) is -0.725. The van der Waals surface area contributed by atoms with E-state index in [9.17, 15) is 4.79 Å². The molecule has 0 rings (SSSR count). The van der Waals surface area contributed by atoms with Crippen molar-refractivity contribution in [3.63, 3.8) is 0 Å². The summed E-state index contributed by atoms with van der Waals surface area (Å²) in [6, 6.07) is -0.620. The van der Waals surface area contributed by atoms with Crippen molar-refractivity contribution in [3.8, 4) is 0 Å². The highest BCUT2D eigenvalue weighted by atomic mass is 16.3. The van der Waals surface area contributed by atoms with Gasteiger partial charge in [0.1, 0.15) is 6.04 Å². The number of rotatable bonds is 4. The number of nitrogens with two attached hydrogens (primary N) is 1. The predicted octanol–water partition coefficient (Wildman–Crippen LogP) is -1.17. The van der Waals surface area contributed by atoms with Crippen LogP contribution in [0.3, 0.4) is 0 Å². The fourth-order valence-corrected chi connectivity index (χ4v) is 0.729. The first-order chi connectivity index (χ1) is 4.59. The Balaban J connectivity index is 3.85. The van der Waals surface area contributed by atoms with Crippen LogP contribution in [0.4, 0.5) is 0 Å². The largest absolute Gasteiger partial charge is 0.391 e. The molecule has 4 nitrogen and oxygen atoms in total. The van der Waals surface area contributed by atoms with Crippen molar-refractivity contribution in [2.75, 3.05) is 6.54 Å². The van der Waals surface area contributed by atoms with E-state index in [-0.39, 0.29) is 0 Å². The molecule has 0 spiro atoms. The molecule has 0 aromatic heterocycles. The topological polar surface area (TPSA) is 75.3 Å². The Kier molecular flexibility index (Phi) is 3.99. The summed E-state index contributed by atoms with van der Waals surface area (Å²) >= 11 is 0. The van der Waals surface area contributed by atoms with Crippen LogP contribution in [0.5, 0.6) is 0 Å². The number of aliphatic hydroxyl groups is 1. The van der Waals surface area contributed by atoms with Crippen LogP contribution in [0.1, 0.15) is 13.8 Å². The van der Waals surface area contributed by atoms with Gasteiger partial charge < -0.3 is 16.2 Å². The van der Waals surface area contributed by atoms with Crippen molar-refractivity contribution in [3.05, 3.63) is 0 Å². The number of hydrogen-bond acceptors (Lipinski definition) is 3. The number of amides is 1. The quantitative estimate of drug-likeness (QED) is 0.468. The Bertz CT molecular complexity index is 114. The van der Waals surface area contributed by atoms with Gasteiger partial charge in [-0.15, -0.1) is 0 Å². The molecule has 0 aromatic carbocycles. The number of likely N-dealkylation sites (N-methyl/N-ethyl adjacent to an activating group) is 1. The first-order valence-corrected chi connectivity index (χ1v) is 3.30. The number of carbonyl (C=O) groups excluding carboxylic acids is 1. The lowest BCUT2D eigenvalue weighted by Gasteiger charge is -2.16. The smallest absolute Gasteiger partial charge is 0.237 e. The third-order valence-corrected chi connectivity index (χ3v) is 1.21. The molecular weight excluding hydrogens is 132 g/mol. The van der Waals surface area contributed by atoms with E-state index in [0.29, 0.717) is 6.54 Å². The van der Waals surface area contributed by atoms with Crippen molar-refractivity contribution in [2.45, 2.75) is 26.0 Å². The van der Waals surface area contributed by atoms with Gasteiger partial charge in [0.05, 0.1) is 6.10 Å². The molecule has 0 saturated carbocycles. The van der Waals surface area contributed by atoms with E-state index < -0.39 is 18.1 Å². The number of hydrogen-bond donors (Lipinski definition) is 3. The van der Waals surface area contributed by atoms with Crippen LogP contribution < -0.4 is 11.1 Å². The summed E-state index contributed by atoms with van der Waals surface area (Å²) in [5, 5.41) is 11.7. The summed E-state index contributed by atoms with van der Waals surface area (Å²) in [5.74, 6) is -0.517. The summed E-state index contributed by atoms with van der Waals surface area (Å²) in [4.78, 5) is 10.5. The van der Waals surface area contributed by atoms with E-state index in [1.165, 1.54) is 6.92 Å². The molecular formula is C6H14N2O2. The molecule has 1 amide bonds. The van der Waals surface area contributed by atoms with E-state index in [0.717, 1.165) is 0 Å². The number of aliphatic hydroxyl groups excluding tert-OH is 1. The molecule has 0 aliphatic heterocycles. The van der Waals surface area contributed by atoms with Crippen molar-refractivity contribution in [1.29, 1.82) is 0 Å². The van der Waals surface area contributed by atoms with Gasteiger partial charge in [-0.25, -0.2) is 0 Å². The average molecular weight is 146 g/mol. The monoisotopic (exact) mass is 146 g/mol. The van der Waals surface area contributed by atoms with Crippen LogP contribution in [-0.4, -0.2) is 29.7 Å². The molecule has 0 aromatic rings. The molecule has 0 radical (unpaired) electrons. The molecule has 0 bridgehead atoms. The Hall–Kier alpha value is -0.610. The molecule has 60 valence electrons. The van der Waals surface area contributed by atoms with Crippen LogP contribution >= 0.6 is 0 Å². The molecule has 0 aliphatic carbocycles. The number of carbonyl (C=O) groups is 1. The average Bonchev–Trinajstić information content (AvgIpc) is 1.81. The molecule has 10 heavy (non-hydrogen) atoms. The maximum Gasteiger partial charge on any atom is 0.237 e. The zero-order valence-electron chi connectivity index (χ0n) is 6.29. The zero-order valence-corrected chi connectivity index (χ0v) is 6.29. The second kappa shape index (κ2) is 4.24. The van der Waals surface area contributed by atoms with Gasteiger partial charge in [-0.2, -0.15) is 0 Å². The third-order valence-electron chi connectivity index (χ3n) is 1.21. The van der Waals surface area contributed by atoms with Crippen molar-refractivity contribution >= 4 is 5.91 Å². The standard InChI is InChI=1S/C6H14N2O2/c1-3-8-5(4(2)9)6(7)10/h4-5,8-9H,3H2,1-2H3,(H2,7,10)/t4-,5-/m0/s1. The van der Waals surface area contributed by atoms with Gasteiger partial charge >= 0.3 is 0 Å². The highest BCUT2D eigenvalue weighted by Gasteiger charge is 2.18. The van der Waals surface area contributed by atoms with E-state index >= 15 is 0 Å².